The summed E-state index contributed by atoms with van der Waals surface area (Å²) >= 11 is 1.95. The number of aromatic carboxylic acids is 1. The molecular formula is C8H9IO2. The molecule has 0 saturated carbocycles. The number of alkyl halides is 1. The van der Waals surface area contributed by atoms with Crippen molar-refractivity contribution in [3.8, 4) is 0 Å². The van der Waals surface area contributed by atoms with E-state index in [2.05, 4.69) is 0 Å². The molecule has 2 nitrogen and oxygen atoms in total. The van der Waals surface area contributed by atoms with Gasteiger partial charge in [-0.1, -0.05) is 30.3 Å². The van der Waals surface area contributed by atoms with E-state index < -0.39 is 5.97 Å². The zero-order chi connectivity index (χ0) is 8.69. The summed E-state index contributed by atoms with van der Waals surface area (Å²) in [5.41, 5.74) is 0.220. The van der Waals surface area contributed by atoms with Gasteiger partial charge in [0.05, 0.1) is 5.97 Å². The van der Waals surface area contributed by atoms with Crippen LogP contribution in [0.25, 0.3) is 0 Å². The van der Waals surface area contributed by atoms with Gasteiger partial charge in [-0.25, -0.2) is 0 Å². The second-order valence-electron chi connectivity index (χ2n) is 1.65. The fraction of sp³-hybridized carbons (Fsp3) is 0.125. The van der Waals surface area contributed by atoms with Crippen molar-refractivity contribution in [2.24, 2.45) is 0 Å². The highest BCUT2D eigenvalue weighted by atomic mass is 127. The van der Waals surface area contributed by atoms with Gasteiger partial charge in [0, 0.05) is 0 Å². The van der Waals surface area contributed by atoms with E-state index in [9.17, 15) is 9.90 Å². The molecule has 0 atom stereocenters. The van der Waals surface area contributed by atoms with Gasteiger partial charge in [0.2, 0.25) is 22.6 Å². The third-order valence-corrected chi connectivity index (χ3v) is 1.01. The molecule has 3 heteroatoms. The normalized spacial score (nSPS) is 7.82. The molecule has 0 aliphatic rings. The Morgan fingerprint density at radius 2 is 1.73 bits per heavy atom. The number of hydrogen-bond donors (Lipinski definition) is 0. The fourth-order valence-corrected chi connectivity index (χ4v) is 0.574. The minimum absolute atomic E-state index is 0.220. The lowest BCUT2D eigenvalue weighted by Crippen LogP contribution is -3.32. The number of halogens is 1. The fourth-order valence-electron chi connectivity index (χ4n) is 0.574. The van der Waals surface area contributed by atoms with Crippen LogP contribution in [0.1, 0.15) is 10.4 Å². The Hall–Kier alpha value is -0.580. The zero-order valence-electron chi connectivity index (χ0n) is 6.11. The second kappa shape index (κ2) is 6.15. The van der Waals surface area contributed by atoms with Gasteiger partial charge in [-0.15, -0.1) is 0 Å². The first-order valence-electron chi connectivity index (χ1n) is 2.98. The van der Waals surface area contributed by atoms with Crippen molar-refractivity contribution in [3.63, 3.8) is 0 Å². The molecule has 60 valence electrons. The largest absolute Gasteiger partial charge is 0.545 e. The number of rotatable bonds is 1. The van der Waals surface area contributed by atoms with E-state index in [-0.39, 0.29) is 5.56 Å². The molecule has 1 aromatic carbocycles. The Bertz CT molecular complexity index is 209. The molecule has 0 bridgehead atoms. The molecule has 0 aliphatic heterocycles. The van der Waals surface area contributed by atoms with Crippen LogP contribution in [0, 0.1) is 0 Å². The summed E-state index contributed by atoms with van der Waals surface area (Å²) in [7, 11) is 0. The van der Waals surface area contributed by atoms with Crippen LogP contribution >= 0.6 is 0 Å². The number of carbonyl (C=O) groups excluding carboxylic acids is 1. The minimum Gasteiger partial charge on any atom is -0.545 e. The number of hydrogen-bond acceptors (Lipinski definition) is 2. The molecule has 0 amide bonds. The number of carbonyl (C=O) groups is 1. The molecule has 0 fully saturated rings. The average molecular weight is 264 g/mol. The molecular weight excluding hydrogens is 255 g/mol. The number of carboxylic acids is 1. The van der Waals surface area contributed by atoms with Gasteiger partial charge >= 0.3 is 0 Å². The Kier molecular flexibility index (Phi) is 5.83. The lowest BCUT2D eigenvalue weighted by molar-refractivity contribution is -0.325. The van der Waals surface area contributed by atoms with Crippen LogP contribution in [-0.4, -0.2) is 10.9 Å². The maximum Gasteiger partial charge on any atom is 0.248 e. The van der Waals surface area contributed by atoms with Gasteiger partial charge in [-0.3, -0.25) is 0 Å². The van der Waals surface area contributed by atoms with Gasteiger partial charge in [0.1, 0.15) is 4.93 Å². The topological polar surface area (TPSA) is 40.1 Å². The molecule has 0 radical (unpaired) electrons. The predicted octanol–water partition coefficient (Wildman–Crippen LogP) is -3.05. The Balaban J connectivity index is 0.000000461. The second-order valence-corrected chi connectivity index (χ2v) is 1.65. The van der Waals surface area contributed by atoms with Crippen molar-refractivity contribution < 1.29 is 32.5 Å². The first kappa shape index (κ1) is 10.4. The lowest BCUT2D eigenvalue weighted by atomic mass is 10.2. The van der Waals surface area contributed by atoms with E-state index in [4.69, 9.17) is 0 Å². The van der Waals surface area contributed by atoms with Crippen molar-refractivity contribution in [1.82, 2.24) is 0 Å². The minimum atomic E-state index is -1.13. The average Bonchev–Trinajstić information content (AvgIpc) is 2.10. The summed E-state index contributed by atoms with van der Waals surface area (Å²) < 4.78 is 0. The highest BCUT2D eigenvalue weighted by Gasteiger charge is 1.85. The van der Waals surface area contributed by atoms with Crippen LogP contribution in [-0.2, 0) is 0 Å². The summed E-state index contributed by atoms with van der Waals surface area (Å²) in [6.45, 7) is 0. The SMILES string of the molecule is C[IH+].O=C([O-])c1ccccc1. The third-order valence-electron chi connectivity index (χ3n) is 1.01. The summed E-state index contributed by atoms with van der Waals surface area (Å²) in [4.78, 5) is 12.1. The summed E-state index contributed by atoms with van der Waals surface area (Å²) in [6, 6.07) is 8.06. The molecule has 0 saturated heterocycles. The Morgan fingerprint density at radius 1 is 1.27 bits per heavy atom. The van der Waals surface area contributed by atoms with E-state index in [0.29, 0.717) is 0 Å². The molecule has 1 rings (SSSR count). The van der Waals surface area contributed by atoms with Crippen LogP contribution in [0.3, 0.4) is 0 Å². The number of benzene rings is 1. The maximum absolute atomic E-state index is 10.1. The van der Waals surface area contributed by atoms with Gasteiger partial charge in [-0.2, -0.15) is 0 Å². The van der Waals surface area contributed by atoms with E-state index in [1.54, 1.807) is 18.2 Å². The molecule has 1 aromatic rings. The van der Waals surface area contributed by atoms with Crippen molar-refractivity contribution in [2.75, 3.05) is 4.93 Å². The van der Waals surface area contributed by atoms with Crippen LogP contribution < -0.4 is 27.7 Å². The van der Waals surface area contributed by atoms with Crippen molar-refractivity contribution in [3.05, 3.63) is 35.9 Å². The maximum atomic E-state index is 10.1. The smallest absolute Gasteiger partial charge is 0.248 e. The van der Waals surface area contributed by atoms with E-state index in [0.717, 1.165) is 0 Å². The monoisotopic (exact) mass is 264 g/mol. The summed E-state index contributed by atoms with van der Waals surface area (Å²) in [5, 5.41) is 10.1. The Morgan fingerprint density at radius 3 is 2.00 bits per heavy atom. The van der Waals surface area contributed by atoms with Gasteiger partial charge in [0.15, 0.2) is 0 Å². The van der Waals surface area contributed by atoms with Crippen LogP contribution in [0.2, 0.25) is 0 Å². The first-order chi connectivity index (χ1) is 5.30. The molecule has 0 aliphatic carbocycles. The van der Waals surface area contributed by atoms with Crippen molar-refractivity contribution in [1.29, 1.82) is 0 Å². The Labute approximate surface area is 79.4 Å². The standard InChI is InChI=1S/C7H6O2.CH4I/c8-7(9)6-4-2-1-3-5-6;1-2/h1-5H,(H,8,9);2H,1H3/q;+1/p-1. The summed E-state index contributed by atoms with van der Waals surface area (Å²) in [5.74, 6) is -1.13. The lowest BCUT2D eigenvalue weighted by Gasteiger charge is -1.97. The van der Waals surface area contributed by atoms with Gasteiger partial charge < -0.3 is 9.90 Å². The third kappa shape index (κ3) is 3.98. The van der Waals surface area contributed by atoms with Gasteiger partial charge in [-0.05, 0) is 5.56 Å². The van der Waals surface area contributed by atoms with Crippen LogP contribution in [0.4, 0.5) is 0 Å². The van der Waals surface area contributed by atoms with E-state index in [1.807, 2.05) is 27.5 Å². The highest BCUT2D eigenvalue weighted by molar-refractivity contribution is 5.85. The molecule has 0 unspecified atom stereocenters. The molecule has 0 spiro atoms. The van der Waals surface area contributed by atoms with E-state index in [1.165, 1.54) is 12.1 Å². The zero-order valence-corrected chi connectivity index (χ0v) is 8.44. The first-order valence-corrected chi connectivity index (χ1v) is 5.31. The van der Waals surface area contributed by atoms with Crippen LogP contribution in [0.15, 0.2) is 30.3 Å². The molecule has 0 heterocycles. The number of carboxylic acid groups (broad SMARTS) is 1. The van der Waals surface area contributed by atoms with E-state index >= 15 is 0 Å². The van der Waals surface area contributed by atoms with Crippen molar-refractivity contribution >= 4 is 5.97 Å². The summed E-state index contributed by atoms with van der Waals surface area (Å²) in [6.07, 6.45) is 0. The van der Waals surface area contributed by atoms with Crippen LogP contribution in [0.5, 0.6) is 0 Å². The van der Waals surface area contributed by atoms with Crippen molar-refractivity contribution in [2.45, 2.75) is 0 Å². The molecule has 11 heavy (non-hydrogen) atoms. The quantitative estimate of drug-likeness (QED) is 0.399. The van der Waals surface area contributed by atoms with Gasteiger partial charge in [0.25, 0.3) is 0 Å². The highest BCUT2D eigenvalue weighted by Crippen LogP contribution is 1.94. The molecule has 0 N–H and O–H groups in total. The molecule has 0 aromatic heterocycles. The predicted molar refractivity (Wildman–Crippen MR) is 38.1 cm³/mol.